The average Bonchev–Trinajstić information content (AvgIpc) is 3.30. The predicted octanol–water partition coefficient (Wildman–Crippen LogP) is 2.88. The van der Waals surface area contributed by atoms with Gasteiger partial charge in [-0.1, -0.05) is 11.2 Å². The molecule has 0 bridgehead atoms. The molecule has 3 aromatic heterocycles. The topological polar surface area (TPSA) is 72.1 Å². The van der Waals surface area contributed by atoms with E-state index in [2.05, 4.69) is 15.1 Å². The molecule has 116 valence electrons. The van der Waals surface area contributed by atoms with Gasteiger partial charge in [-0.25, -0.2) is 0 Å². The van der Waals surface area contributed by atoms with Crippen LogP contribution in [-0.4, -0.2) is 33.0 Å². The van der Waals surface area contributed by atoms with E-state index in [-0.39, 0.29) is 17.9 Å². The van der Waals surface area contributed by atoms with Crippen LogP contribution in [0.2, 0.25) is 0 Å². The number of thiophene rings is 1. The number of hydrogen-bond acceptors (Lipinski definition) is 6. The molecule has 1 aliphatic heterocycles. The first kappa shape index (κ1) is 14.1. The number of hydrogen-bond donors (Lipinski definition) is 0. The molecule has 0 spiro atoms. The fraction of sp³-hybridized carbons (Fsp3) is 0.250. The van der Waals surface area contributed by atoms with Crippen LogP contribution in [0, 0.1) is 0 Å². The number of nitrogens with zero attached hydrogens (tertiary/aromatic N) is 4. The van der Waals surface area contributed by atoms with Crippen molar-refractivity contribution in [2.75, 3.05) is 7.05 Å². The molecule has 0 unspecified atom stereocenters. The highest BCUT2D eigenvalue weighted by molar-refractivity contribution is 7.10. The number of amides is 1. The van der Waals surface area contributed by atoms with Gasteiger partial charge in [-0.05, 0) is 23.6 Å². The van der Waals surface area contributed by atoms with E-state index in [9.17, 15) is 4.79 Å². The van der Waals surface area contributed by atoms with Gasteiger partial charge < -0.3 is 9.42 Å². The molecular weight excluding hydrogens is 312 g/mol. The first-order valence-corrected chi connectivity index (χ1v) is 8.15. The van der Waals surface area contributed by atoms with Crippen molar-refractivity contribution in [2.45, 2.75) is 18.4 Å². The van der Waals surface area contributed by atoms with Crippen molar-refractivity contribution < 1.29 is 9.32 Å². The lowest BCUT2D eigenvalue weighted by molar-refractivity contribution is -0.127. The van der Waals surface area contributed by atoms with E-state index in [1.807, 2.05) is 36.7 Å². The van der Waals surface area contributed by atoms with Crippen molar-refractivity contribution in [1.29, 1.82) is 0 Å². The van der Waals surface area contributed by atoms with E-state index in [0.717, 1.165) is 10.4 Å². The van der Waals surface area contributed by atoms with Crippen LogP contribution in [0.3, 0.4) is 0 Å². The van der Waals surface area contributed by atoms with Crippen LogP contribution < -0.4 is 0 Å². The van der Waals surface area contributed by atoms with E-state index in [1.165, 1.54) is 0 Å². The van der Waals surface area contributed by atoms with Gasteiger partial charge in [0.2, 0.25) is 17.6 Å². The zero-order valence-corrected chi connectivity index (χ0v) is 13.2. The first-order chi connectivity index (χ1) is 11.2. The third-order valence-corrected chi connectivity index (χ3v) is 5.04. The molecule has 2 atom stereocenters. The second kappa shape index (κ2) is 5.58. The number of carbonyl (C=O) groups excluding carboxylic acids is 1. The van der Waals surface area contributed by atoms with Gasteiger partial charge in [0.25, 0.3) is 0 Å². The van der Waals surface area contributed by atoms with Crippen LogP contribution in [0.25, 0.3) is 11.4 Å². The molecular formula is C16H14N4O2S. The quantitative estimate of drug-likeness (QED) is 0.740. The van der Waals surface area contributed by atoms with Gasteiger partial charge in [-0.2, -0.15) is 4.98 Å². The largest absolute Gasteiger partial charge is 0.339 e. The Balaban J connectivity index is 1.69. The van der Waals surface area contributed by atoms with E-state index in [1.54, 1.807) is 28.6 Å². The van der Waals surface area contributed by atoms with Gasteiger partial charge in [-0.15, -0.1) is 11.3 Å². The molecule has 7 heteroatoms. The molecule has 3 aromatic rings. The molecule has 4 heterocycles. The minimum atomic E-state index is -0.121. The van der Waals surface area contributed by atoms with Crippen LogP contribution in [0.5, 0.6) is 0 Å². The molecule has 0 saturated carbocycles. The van der Waals surface area contributed by atoms with E-state index in [0.29, 0.717) is 18.1 Å². The second-order valence-electron chi connectivity index (χ2n) is 5.47. The summed E-state index contributed by atoms with van der Waals surface area (Å²) in [4.78, 5) is 23.6. The van der Waals surface area contributed by atoms with Crippen molar-refractivity contribution in [3.8, 4) is 11.4 Å². The third kappa shape index (κ3) is 2.43. The summed E-state index contributed by atoms with van der Waals surface area (Å²) < 4.78 is 5.46. The van der Waals surface area contributed by atoms with Crippen molar-refractivity contribution in [2.24, 2.45) is 0 Å². The molecule has 6 nitrogen and oxygen atoms in total. The Kier molecular flexibility index (Phi) is 3.42. The Morgan fingerprint density at radius 1 is 1.35 bits per heavy atom. The van der Waals surface area contributed by atoms with E-state index >= 15 is 0 Å². The number of likely N-dealkylation sites (N-methyl/N-ethyl adjacent to an activating group) is 1. The molecule has 1 aliphatic rings. The molecule has 0 aromatic carbocycles. The van der Waals surface area contributed by atoms with E-state index in [4.69, 9.17) is 4.52 Å². The Labute approximate surface area is 136 Å². The predicted molar refractivity (Wildman–Crippen MR) is 84.7 cm³/mol. The van der Waals surface area contributed by atoms with Crippen molar-refractivity contribution >= 4 is 17.2 Å². The summed E-state index contributed by atoms with van der Waals surface area (Å²) in [5.74, 6) is 0.971. The number of aromatic nitrogens is 3. The van der Waals surface area contributed by atoms with Gasteiger partial charge in [0.05, 0.1) is 12.0 Å². The molecule has 0 N–H and O–H groups in total. The maximum Gasteiger partial charge on any atom is 0.233 e. The van der Waals surface area contributed by atoms with Crippen molar-refractivity contribution in [1.82, 2.24) is 20.0 Å². The van der Waals surface area contributed by atoms with Crippen LogP contribution >= 0.6 is 11.3 Å². The lowest BCUT2D eigenvalue weighted by Crippen LogP contribution is -2.23. The highest BCUT2D eigenvalue weighted by Crippen LogP contribution is 2.44. The molecule has 0 aliphatic carbocycles. The lowest BCUT2D eigenvalue weighted by Gasteiger charge is -2.21. The number of rotatable bonds is 3. The summed E-state index contributed by atoms with van der Waals surface area (Å²) in [5.41, 5.74) is 0.799. The standard InChI is InChI=1S/C16H14N4O2S/c1-20-13(21)8-11(14(20)12-5-3-7-23-12)16-18-15(19-22-16)10-4-2-6-17-9-10/h2-7,9,11,14H,8H2,1H3/t11-,14-/m1/s1. The van der Waals surface area contributed by atoms with Crippen LogP contribution in [-0.2, 0) is 4.79 Å². The minimum absolute atomic E-state index is 0.0512. The number of likely N-dealkylation sites (tertiary alicyclic amines) is 1. The smallest absolute Gasteiger partial charge is 0.233 e. The van der Waals surface area contributed by atoms with Gasteiger partial charge in [0, 0.05) is 36.3 Å². The Morgan fingerprint density at radius 3 is 3.00 bits per heavy atom. The van der Waals surface area contributed by atoms with E-state index < -0.39 is 0 Å². The summed E-state index contributed by atoms with van der Waals surface area (Å²) in [6, 6.07) is 7.68. The number of pyridine rings is 1. The molecule has 0 radical (unpaired) electrons. The summed E-state index contributed by atoms with van der Waals surface area (Å²) in [6.07, 6.45) is 3.77. The molecule has 1 saturated heterocycles. The van der Waals surface area contributed by atoms with Gasteiger partial charge in [0.15, 0.2) is 0 Å². The Hall–Kier alpha value is -2.54. The lowest BCUT2D eigenvalue weighted by atomic mass is 9.99. The molecule has 1 amide bonds. The summed E-state index contributed by atoms with van der Waals surface area (Å²) >= 11 is 1.63. The first-order valence-electron chi connectivity index (χ1n) is 7.27. The minimum Gasteiger partial charge on any atom is -0.339 e. The Morgan fingerprint density at radius 2 is 2.26 bits per heavy atom. The average molecular weight is 326 g/mol. The maximum atomic E-state index is 12.2. The van der Waals surface area contributed by atoms with Crippen molar-refractivity contribution in [3.05, 3.63) is 52.8 Å². The van der Waals surface area contributed by atoms with Crippen molar-refractivity contribution in [3.63, 3.8) is 0 Å². The van der Waals surface area contributed by atoms with Gasteiger partial charge in [-0.3, -0.25) is 9.78 Å². The zero-order valence-electron chi connectivity index (χ0n) is 12.4. The fourth-order valence-corrected chi connectivity index (χ4v) is 3.87. The maximum absolute atomic E-state index is 12.2. The summed E-state index contributed by atoms with van der Waals surface area (Å²) in [5, 5.41) is 6.06. The van der Waals surface area contributed by atoms with Gasteiger partial charge in [0.1, 0.15) is 0 Å². The SMILES string of the molecule is CN1C(=O)C[C@@H](c2nc(-c3cccnc3)no2)[C@@H]1c1cccs1. The highest BCUT2D eigenvalue weighted by atomic mass is 32.1. The van der Waals surface area contributed by atoms with Crippen LogP contribution in [0.4, 0.5) is 0 Å². The second-order valence-corrected chi connectivity index (χ2v) is 6.45. The molecule has 23 heavy (non-hydrogen) atoms. The zero-order chi connectivity index (χ0) is 15.8. The summed E-state index contributed by atoms with van der Waals surface area (Å²) in [7, 11) is 1.82. The molecule has 4 rings (SSSR count). The highest BCUT2D eigenvalue weighted by Gasteiger charge is 2.43. The fourth-order valence-electron chi connectivity index (χ4n) is 2.94. The van der Waals surface area contributed by atoms with Crippen LogP contribution in [0.1, 0.15) is 29.1 Å². The monoisotopic (exact) mass is 326 g/mol. The normalized spacial score (nSPS) is 21.1. The van der Waals surface area contributed by atoms with Gasteiger partial charge >= 0.3 is 0 Å². The number of carbonyl (C=O) groups is 1. The van der Waals surface area contributed by atoms with Crippen LogP contribution in [0.15, 0.2) is 46.6 Å². The summed E-state index contributed by atoms with van der Waals surface area (Å²) in [6.45, 7) is 0. The Bertz CT molecular complexity index is 816. The molecule has 1 fully saturated rings. The third-order valence-electron chi connectivity index (χ3n) is 4.10.